The van der Waals surface area contributed by atoms with Crippen LogP contribution in [0.5, 0.6) is 0 Å². The second kappa shape index (κ2) is 6.23. The minimum absolute atomic E-state index is 0.0307. The first-order valence-corrected chi connectivity index (χ1v) is 6.59. The summed E-state index contributed by atoms with van der Waals surface area (Å²) in [4.78, 5) is 23.1. The number of hydrogen-bond donors (Lipinski definition) is 3. The van der Waals surface area contributed by atoms with E-state index in [1.165, 1.54) is 0 Å². The van der Waals surface area contributed by atoms with Crippen molar-refractivity contribution in [2.45, 2.75) is 46.2 Å². The zero-order chi connectivity index (χ0) is 14.6. The highest BCUT2D eigenvalue weighted by atomic mass is 16.5. The monoisotopic (exact) mass is 272 g/mol. The predicted octanol–water partition coefficient (Wildman–Crippen LogP) is 1.21. The van der Waals surface area contributed by atoms with E-state index in [1.54, 1.807) is 20.8 Å². The lowest BCUT2D eigenvalue weighted by molar-refractivity contribution is -0.141. The molecule has 0 saturated carbocycles. The maximum absolute atomic E-state index is 11.9. The Balaban J connectivity index is 2.55. The van der Waals surface area contributed by atoms with Gasteiger partial charge in [-0.25, -0.2) is 9.59 Å². The number of hydrogen-bond acceptors (Lipinski definition) is 3. The van der Waals surface area contributed by atoms with Gasteiger partial charge < -0.3 is 20.5 Å². The Bertz CT molecular complexity index is 338. The van der Waals surface area contributed by atoms with Gasteiger partial charge in [-0.15, -0.1) is 0 Å². The Labute approximate surface area is 113 Å². The molecule has 2 amide bonds. The van der Waals surface area contributed by atoms with Crippen LogP contribution in [-0.2, 0) is 9.53 Å². The molecule has 0 spiro atoms. The van der Waals surface area contributed by atoms with Gasteiger partial charge in [0.2, 0.25) is 0 Å². The number of rotatable bonds is 3. The van der Waals surface area contributed by atoms with Gasteiger partial charge in [-0.05, 0) is 17.8 Å². The van der Waals surface area contributed by atoms with Gasteiger partial charge in [0.05, 0.1) is 6.61 Å². The van der Waals surface area contributed by atoms with Crippen LogP contribution in [0.4, 0.5) is 4.79 Å². The standard InChI is InChI=1S/C13H24N2O4/c1-8-7-19-6-5-9(8)14-12(18)15-10(11(16)17)13(2,3)4/h8-10H,5-7H2,1-4H3,(H,16,17)(H2,14,15,18)/t8?,9?,10-/m1/s1. The minimum Gasteiger partial charge on any atom is -0.480 e. The van der Waals surface area contributed by atoms with Gasteiger partial charge in [0, 0.05) is 12.6 Å². The molecule has 0 aromatic heterocycles. The molecule has 1 fully saturated rings. The van der Waals surface area contributed by atoms with Crippen LogP contribution in [0.25, 0.3) is 0 Å². The normalized spacial score (nSPS) is 25.5. The average molecular weight is 272 g/mol. The van der Waals surface area contributed by atoms with E-state index in [9.17, 15) is 9.59 Å². The van der Waals surface area contributed by atoms with Crippen LogP contribution >= 0.6 is 0 Å². The minimum atomic E-state index is -1.03. The molecular weight excluding hydrogens is 248 g/mol. The van der Waals surface area contributed by atoms with Crippen molar-refractivity contribution in [2.75, 3.05) is 13.2 Å². The number of carbonyl (C=O) groups excluding carboxylic acids is 1. The van der Waals surface area contributed by atoms with Crippen LogP contribution in [-0.4, -0.2) is 42.4 Å². The van der Waals surface area contributed by atoms with Crippen LogP contribution in [0.2, 0.25) is 0 Å². The van der Waals surface area contributed by atoms with E-state index in [0.717, 1.165) is 6.42 Å². The molecule has 0 aromatic rings. The second-order valence-corrected chi connectivity index (χ2v) is 6.20. The van der Waals surface area contributed by atoms with E-state index in [2.05, 4.69) is 10.6 Å². The Morgan fingerprint density at radius 1 is 1.37 bits per heavy atom. The quantitative estimate of drug-likeness (QED) is 0.720. The molecule has 3 N–H and O–H groups in total. The van der Waals surface area contributed by atoms with E-state index in [-0.39, 0.29) is 12.0 Å². The molecule has 1 aliphatic rings. The number of carboxylic acid groups (broad SMARTS) is 1. The molecule has 6 nitrogen and oxygen atoms in total. The smallest absolute Gasteiger partial charge is 0.326 e. The van der Waals surface area contributed by atoms with Gasteiger partial charge in [-0.1, -0.05) is 27.7 Å². The number of carbonyl (C=O) groups is 2. The van der Waals surface area contributed by atoms with E-state index in [0.29, 0.717) is 13.2 Å². The van der Waals surface area contributed by atoms with Crippen LogP contribution in [0.1, 0.15) is 34.1 Å². The largest absolute Gasteiger partial charge is 0.480 e. The molecule has 6 heteroatoms. The molecule has 3 atom stereocenters. The highest BCUT2D eigenvalue weighted by Gasteiger charge is 2.33. The molecule has 0 aliphatic carbocycles. The van der Waals surface area contributed by atoms with E-state index in [1.807, 2.05) is 6.92 Å². The van der Waals surface area contributed by atoms with Crippen LogP contribution in [0, 0.1) is 11.3 Å². The lowest BCUT2D eigenvalue weighted by Gasteiger charge is -2.32. The molecule has 2 unspecified atom stereocenters. The lowest BCUT2D eigenvalue weighted by atomic mass is 9.87. The summed E-state index contributed by atoms with van der Waals surface area (Å²) in [6.07, 6.45) is 0.752. The fourth-order valence-corrected chi connectivity index (χ4v) is 2.08. The Morgan fingerprint density at radius 2 is 2.00 bits per heavy atom. The summed E-state index contributed by atoms with van der Waals surface area (Å²) in [6, 6.07) is -1.31. The Kier molecular flexibility index (Phi) is 5.17. The Hall–Kier alpha value is -1.30. The zero-order valence-corrected chi connectivity index (χ0v) is 12.0. The van der Waals surface area contributed by atoms with Crippen LogP contribution in [0.3, 0.4) is 0 Å². The third-order valence-electron chi connectivity index (χ3n) is 3.35. The zero-order valence-electron chi connectivity index (χ0n) is 12.0. The molecular formula is C13H24N2O4. The molecule has 1 heterocycles. The number of carboxylic acids is 1. The van der Waals surface area contributed by atoms with Crippen LogP contribution < -0.4 is 10.6 Å². The SMILES string of the molecule is CC1COCCC1NC(=O)N[C@H](C(=O)O)C(C)(C)C. The molecule has 1 aliphatic heterocycles. The van der Waals surface area contributed by atoms with Crippen molar-refractivity contribution in [3.8, 4) is 0 Å². The highest BCUT2D eigenvalue weighted by Crippen LogP contribution is 2.19. The summed E-state index contributed by atoms with van der Waals surface area (Å²) in [5.74, 6) is -0.792. The highest BCUT2D eigenvalue weighted by molar-refractivity contribution is 5.83. The predicted molar refractivity (Wildman–Crippen MR) is 70.9 cm³/mol. The van der Waals surface area contributed by atoms with Gasteiger partial charge in [0.25, 0.3) is 0 Å². The fourth-order valence-electron chi connectivity index (χ4n) is 2.08. The molecule has 19 heavy (non-hydrogen) atoms. The average Bonchev–Trinajstić information content (AvgIpc) is 2.27. The third kappa shape index (κ3) is 4.70. The van der Waals surface area contributed by atoms with Crippen LogP contribution in [0.15, 0.2) is 0 Å². The first kappa shape index (κ1) is 15.8. The molecule has 1 rings (SSSR count). The summed E-state index contributed by atoms with van der Waals surface area (Å²) in [7, 11) is 0. The van der Waals surface area contributed by atoms with Crippen molar-refractivity contribution in [1.82, 2.24) is 10.6 Å². The maximum atomic E-state index is 11.9. The first-order chi connectivity index (χ1) is 8.71. The lowest BCUT2D eigenvalue weighted by Crippen LogP contribution is -2.55. The van der Waals surface area contributed by atoms with Crippen molar-refractivity contribution < 1.29 is 19.4 Å². The summed E-state index contributed by atoms with van der Waals surface area (Å²) in [5.41, 5.74) is -0.537. The number of urea groups is 1. The van der Waals surface area contributed by atoms with E-state index >= 15 is 0 Å². The topological polar surface area (TPSA) is 87.7 Å². The number of amides is 2. The maximum Gasteiger partial charge on any atom is 0.326 e. The molecule has 0 bridgehead atoms. The van der Waals surface area contributed by atoms with Crippen molar-refractivity contribution in [2.24, 2.45) is 11.3 Å². The molecule has 0 aromatic carbocycles. The third-order valence-corrected chi connectivity index (χ3v) is 3.35. The summed E-state index contributed by atoms with van der Waals surface area (Å²) in [6.45, 7) is 8.58. The second-order valence-electron chi connectivity index (χ2n) is 6.20. The molecule has 0 radical (unpaired) electrons. The van der Waals surface area contributed by atoms with Gasteiger partial charge >= 0.3 is 12.0 Å². The molecule has 110 valence electrons. The summed E-state index contributed by atoms with van der Waals surface area (Å²) < 4.78 is 5.30. The van der Waals surface area contributed by atoms with Crippen molar-refractivity contribution >= 4 is 12.0 Å². The van der Waals surface area contributed by atoms with E-state index < -0.39 is 23.5 Å². The van der Waals surface area contributed by atoms with Gasteiger partial charge in [0.15, 0.2) is 0 Å². The van der Waals surface area contributed by atoms with Gasteiger partial charge in [0.1, 0.15) is 6.04 Å². The number of ether oxygens (including phenoxy) is 1. The first-order valence-electron chi connectivity index (χ1n) is 6.59. The molecule has 1 saturated heterocycles. The fraction of sp³-hybridized carbons (Fsp3) is 0.846. The van der Waals surface area contributed by atoms with Gasteiger partial charge in [-0.3, -0.25) is 0 Å². The summed E-state index contributed by atoms with van der Waals surface area (Å²) in [5, 5.41) is 14.5. The number of aliphatic carboxylic acids is 1. The summed E-state index contributed by atoms with van der Waals surface area (Å²) >= 11 is 0. The van der Waals surface area contributed by atoms with Crippen molar-refractivity contribution in [1.29, 1.82) is 0 Å². The van der Waals surface area contributed by atoms with E-state index in [4.69, 9.17) is 9.84 Å². The van der Waals surface area contributed by atoms with Crippen molar-refractivity contribution in [3.05, 3.63) is 0 Å². The van der Waals surface area contributed by atoms with Gasteiger partial charge in [-0.2, -0.15) is 0 Å². The Morgan fingerprint density at radius 3 is 2.47 bits per heavy atom. The number of nitrogens with one attached hydrogen (secondary N) is 2. The van der Waals surface area contributed by atoms with Crippen molar-refractivity contribution in [3.63, 3.8) is 0 Å².